The third kappa shape index (κ3) is 11.9. The molecule has 1 saturated heterocycles. The first-order valence-corrected chi connectivity index (χ1v) is 17.2. The standard InChI is InChI=1S/C37H61N3O7/c1-12-25(4)33(39(9)31(41)21-24(2)3)30(45-10)23-32(42)40-20-16-19-29(40)34(46-11)26(5)35(43)38-28(36(44)47-37(6,7)8)22-27-17-14-13-15-18-27/h13-15,17-18,24-26,28-30,33-34H,12,16,19-23H2,1-11H3,(H,38,43). The number of carbonyl (C=O) groups is 4. The van der Waals surface area contributed by atoms with E-state index in [1.165, 1.54) is 0 Å². The molecule has 266 valence electrons. The van der Waals surface area contributed by atoms with E-state index in [1.807, 2.05) is 49.1 Å². The van der Waals surface area contributed by atoms with Crippen LogP contribution in [0.2, 0.25) is 0 Å². The number of methoxy groups -OCH3 is 2. The molecule has 3 amide bonds. The van der Waals surface area contributed by atoms with E-state index in [-0.39, 0.29) is 54.5 Å². The maximum Gasteiger partial charge on any atom is 0.329 e. The van der Waals surface area contributed by atoms with Gasteiger partial charge in [0.25, 0.3) is 0 Å². The molecule has 0 radical (unpaired) electrons. The fraction of sp³-hybridized carbons (Fsp3) is 0.730. The van der Waals surface area contributed by atoms with Crippen molar-refractivity contribution in [1.82, 2.24) is 15.1 Å². The van der Waals surface area contributed by atoms with E-state index >= 15 is 0 Å². The normalized spacial score (nSPS) is 19.0. The number of hydrogen-bond acceptors (Lipinski definition) is 7. The van der Waals surface area contributed by atoms with Crippen LogP contribution < -0.4 is 5.32 Å². The summed E-state index contributed by atoms with van der Waals surface area (Å²) in [6.45, 7) is 15.9. The van der Waals surface area contributed by atoms with Crippen LogP contribution in [0.4, 0.5) is 0 Å². The molecule has 1 aromatic carbocycles. The van der Waals surface area contributed by atoms with Gasteiger partial charge in [-0.1, -0.05) is 71.4 Å². The van der Waals surface area contributed by atoms with E-state index in [2.05, 4.69) is 19.2 Å². The van der Waals surface area contributed by atoms with Gasteiger partial charge in [-0.3, -0.25) is 14.4 Å². The van der Waals surface area contributed by atoms with Crippen molar-refractivity contribution >= 4 is 23.7 Å². The molecule has 1 N–H and O–H groups in total. The van der Waals surface area contributed by atoms with Gasteiger partial charge in [0.15, 0.2) is 0 Å². The number of carbonyl (C=O) groups excluding carboxylic acids is 4. The average Bonchev–Trinajstić information content (AvgIpc) is 3.49. The quantitative estimate of drug-likeness (QED) is 0.234. The van der Waals surface area contributed by atoms with Gasteiger partial charge in [-0.2, -0.15) is 0 Å². The van der Waals surface area contributed by atoms with Crippen molar-refractivity contribution in [2.24, 2.45) is 17.8 Å². The van der Waals surface area contributed by atoms with Gasteiger partial charge >= 0.3 is 5.97 Å². The Balaban J connectivity index is 2.24. The lowest BCUT2D eigenvalue weighted by atomic mass is 9.90. The maximum atomic E-state index is 14.0. The molecule has 0 bridgehead atoms. The summed E-state index contributed by atoms with van der Waals surface area (Å²) < 4.78 is 17.5. The highest BCUT2D eigenvalue weighted by atomic mass is 16.6. The van der Waals surface area contributed by atoms with Crippen molar-refractivity contribution < 1.29 is 33.4 Å². The molecule has 10 nitrogen and oxygen atoms in total. The average molecular weight is 660 g/mol. The lowest BCUT2D eigenvalue weighted by Crippen LogP contribution is -2.54. The summed E-state index contributed by atoms with van der Waals surface area (Å²) in [6, 6.07) is 8.00. The molecule has 1 aliphatic rings. The second-order valence-corrected chi connectivity index (χ2v) is 14.5. The minimum absolute atomic E-state index is 0.0371. The monoisotopic (exact) mass is 659 g/mol. The van der Waals surface area contributed by atoms with Gasteiger partial charge in [0, 0.05) is 40.7 Å². The Morgan fingerprint density at radius 3 is 2.17 bits per heavy atom. The molecule has 7 unspecified atom stereocenters. The predicted molar refractivity (Wildman–Crippen MR) is 183 cm³/mol. The Bertz CT molecular complexity index is 1150. The Morgan fingerprint density at radius 1 is 1.00 bits per heavy atom. The van der Waals surface area contributed by atoms with Crippen LogP contribution in [0.1, 0.15) is 93.1 Å². The molecule has 10 heteroatoms. The molecular formula is C37H61N3O7. The minimum Gasteiger partial charge on any atom is -0.458 e. The van der Waals surface area contributed by atoms with Crippen molar-refractivity contribution in [3.63, 3.8) is 0 Å². The van der Waals surface area contributed by atoms with Crippen LogP contribution in [0, 0.1) is 17.8 Å². The highest BCUT2D eigenvalue weighted by molar-refractivity contribution is 5.86. The minimum atomic E-state index is -0.888. The molecule has 1 aliphatic heterocycles. The van der Waals surface area contributed by atoms with Crippen molar-refractivity contribution in [1.29, 1.82) is 0 Å². The van der Waals surface area contributed by atoms with Gasteiger partial charge in [-0.05, 0) is 51.0 Å². The molecule has 1 fully saturated rings. The van der Waals surface area contributed by atoms with E-state index < -0.39 is 35.7 Å². The Morgan fingerprint density at radius 2 is 1.64 bits per heavy atom. The van der Waals surface area contributed by atoms with Crippen LogP contribution in [0.5, 0.6) is 0 Å². The molecule has 0 aliphatic carbocycles. The van der Waals surface area contributed by atoms with Crippen molar-refractivity contribution in [2.75, 3.05) is 27.8 Å². The van der Waals surface area contributed by atoms with Gasteiger partial charge in [-0.25, -0.2) is 4.79 Å². The van der Waals surface area contributed by atoms with E-state index in [4.69, 9.17) is 14.2 Å². The molecule has 1 aromatic rings. The highest BCUT2D eigenvalue weighted by Crippen LogP contribution is 2.29. The van der Waals surface area contributed by atoms with Gasteiger partial charge in [0.1, 0.15) is 11.6 Å². The second kappa shape index (κ2) is 18.5. The molecule has 7 atom stereocenters. The van der Waals surface area contributed by atoms with Crippen molar-refractivity contribution in [3.05, 3.63) is 35.9 Å². The largest absolute Gasteiger partial charge is 0.458 e. The zero-order valence-electron chi connectivity index (χ0n) is 30.7. The lowest BCUT2D eigenvalue weighted by Gasteiger charge is -2.39. The third-order valence-electron chi connectivity index (χ3n) is 9.18. The van der Waals surface area contributed by atoms with Gasteiger partial charge in [-0.15, -0.1) is 0 Å². The third-order valence-corrected chi connectivity index (χ3v) is 9.18. The van der Waals surface area contributed by atoms with Crippen molar-refractivity contribution in [2.45, 2.75) is 130 Å². The number of rotatable bonds is 17. The molecule has 47 heavy (non-hydrogen) atoms. The van der Waals surface area contributed by atoms with E-state index in [9.17, 15) is 19.2 Å². The topological polar surface area (TPSA) is 114 Å². The number of esters is 1. The zero-order valence-corrected chi connectivity index (χ0v) is 30.7. The smallest absolute Gasteiger partial charge is 0.329 e. The van der Waals surface area contributed by atoms with Crippen LogP contribution in [0.3, 0.4) is 0 Å². The molecule has 0 aromatic heterocycles. The number of ether oxygens (including phenoxy) is 3. The van der Waals surface area contributed by atoms with E-state index in [0.717, 1.165) is 18.4 Å². The highest BCUT2D eigenvalue weighted by Gasteiger charge is 2.42. The molecule has 1 heterocycles. The summed E-state index contributed by atoms with van der Waals surface area (Å²) in [5.74, 6) is -1.24. The molecule has 2 rings (SSSR count). The first-order chi connectivity index (χ1) is 22.0. The fourth-order valence-corrected chi connectivity index (χ4v) is 6.54. The summed E-state index contributed by atoms with van der Waals surface area (Å²) in [6.07, 6.45) is 2.02. The lowest BCUT2D eigenvalue weighted by molar-refractivity contribution is -0.159. The van der Waals surface area contributed by atoms with Gasteiger partial charge < -0.3 is 29.3 Å². The Kier molecular flexibility index (Phi) is 15.9. The summed E-state index contributed by atoms with van der Waals surface area (Å²) in [5, 5.41) is 2.93. The summed E-state index contributed by atoms with van der Waals surface area (Å²) in [7, 11) is 4.95. The Hall–Kier alpha value is -2.98. The zero-order chi connectivity index (χ0) is 35.5. The number of likely N-dealkylation sites (N-methyl/N-ethyl adjacent to an activating group) is 1. The van der Waals surface area contributed by atoms with Crippen LogP contribution in [0.15, 0.2) is 30.3 Å². The summed E-state index contributed by atoms with van der Waals surface area (Å²) in [4.78, 5) is 57.5. The van der Waals surface area contributed by atoms with Gasteiger partial charge in [0.2, 0.25) is 17.7 Å². The predicted octanol–water partition coefficient (Wildman–Crippen LogP) is 5.02. The van der Waals surface area contributed by atoms with Gasteiger partial charge in [0.05, 0.1) is 36.6 Å². The van der Waals surface area contributed by atoms with Crippen LogP contribution >= 0.6 is 0 Å². The van der Waals surface area contributed by atoms with Crippen LogP contribution in [0.25, 0.3) is 0 Å². The summed E-state index contributed by atoms with van der Waals surface area (Å²) in [5.41, 5.74) is 0.180. The number of nitrogens with one attached hydrogen (secondary N) is 1. The maximum absolute atomic E-state index is 14.0. The van der Waals surface area contributed by atoms with Crippen molar-refractivity contribution in [3.8, 4) is 0 Å². The molecule has 0 saturated carbocycles. The molecule has 0 spiro atoms. The molecular weight excluding hydrogens is 598 g/mol. The number of likely N-dealkylation sites (tertiary alicyclic amines) is 1. The SMILES string of the molecule is CCC(C)C(C(CC(=O)N1CCCC1C(OC)C(C)C(=O)NC(Cc1ccccc1)C(=O)OC(C)(C)C)OC)N(C)C(=O)CC(C)C. The Labute approximate surface area is 283 Å². The van der Waals surface area contributed by atoms with Crippen LogP contribution in [-0.4, -0.2) is 97.2 Å². The number of hydrogen-bond donors (Lipinski definition) is 1. The first-order valence-electron chi connectivity index (χ1n) is 17.2. The second-order valence-electron chi connectivity index (χ2n) is 14.5. The van der Waals surface area contributed by atoms with E-state index in [0.29, 0.717) is 19.4 Å². The fourth-order valence-electron chi connectivity index (χ4n) is 6.54. The van der Waals surface area contributed by atoms with Crippen LogP contribution in [-0.2, 0) is 39.8 Å². The summed E-state index contributed by atoms with van der Waals surface area (Å²) >= 11 is 0. The number of nitrogens with zero attached hydrogens (tertiary/aromatic N) is 2. The first kappa shape index (κ1) is 40.2. The van der Waals surface area contributed by atoms with E-state index in [1.54, 1.807) is 53.9 Å². The number of benzene rings is 1. The number of amides is 3.